The number of carbonyl (C=O) groups excluding carboxylic acids is 1. The molecule has 1 amide bonds. The van der Waals surface area contributed by atoms with Crippen molar-refractivity contribution < 1.29 is 9.90 Å². The van der Waals surface area contributed by atoms with Crippen molar-refractivity contribution in [2.75, 3.05) is 6.54 Å². The van der Waals surface area contributed by atoms with Crippen LogP contribution < -0.4 is 5.32 Å². The summed E-state index contributed by atoms with van der Waals surface area (Å²) in [6, 6.07) is 0. The van der Waals surface area contributed by atoms with E-state index in [0.717, 1.165) is 30.7 Å². The van der Waals surface area contributed by atoms with Gasteiger partial charge in [0.15, 0.2) is 0 Å². The van der Waals surface area contributed by atoms with Crippen LogP contribution in [0.2, 0.25) is 0 Å². The largest absolute Gasteiger partial charge is 0.388 e. The minimum Gasteiger partial charge on any atom is -0.388 e. The first kappa shape index (κ1) is 12.5. The summed E-state index contributed by atoms with van der Waals surface area (Å²) >= 11 is 1.46. The molecule has 0 spiro atoms. The molecule has 0 bridgehead atoms. The van der Waals surface area contributed by atoms with Gasteiger partial charge >= 0.3 is 0 Å². The third-order valence-corrected chi connectivity index (χ3v) is 3.99. The molecule has 2 N–H and O–H groups in total. The van der Waals surface area contributed by atoms with Crippen molar-refractivity contribution in [2.45, 2.75) is 44.6 Å². The van der Waals surface area contributed by atoms with Crippen molar-refractivity contribution in [1.29, 1.82) is 0 Å². The number of rotatable bonds is 3. The summed E-state index contributed by atoms with van der Waals surface area (Å²) in [6.07, 6.45) is 4.83. The number of aryl methyl sites for hydroxylation is 1. The van der Waals surface area contributed by atoms with Gasteiger partial charge in [-0.3, -0.25) is 4.79 Å². The van der Waals surface area contributed by atoms with Gasteiger partial charge in [-0.1, -0.05) is 19.3 Å². The molecule has 1 heterocycles. The van der Waals surface area contributed by atoms with Gasteiger partial charge in [0.05, 0.1) is 10.6 Å². The molecule has 1 fully saturated rings. The number of aliphatic hydroxyl groups is 1. The molecule has 17 heavy (non-hydrogen) atoms. The molecule has 0 aromatic carbocycles. The molecule has 0 atom stereocenters. The molecule has 0 aliphatic heterocycles. The average molecular weight is 254 g/mol. The Morgan fingerprint density at radius 1 is 1.53 bits per heavy atom. The fourth-order valence-electron chi connectivity index (χ4n) is 2.19. The molecule has 5 heteroatoms. The zero-order valence-corrected chi connectivity index (χ0v) is 10.8. The van der Waals surface area contributed by atoms with E-state index in [9.17, 15) is 9.90 Å². The third-order valence-electron chi connectivity index (χ3n) is 3.21. The van der Waals surface area contributed by atoms with Gasteiger partial charge in [0.2, 0.25) is 0 Å². The van der Waals surface area contributed by atoms with E-state index in [0.29, 0.717) is 12.2 Å². The van der Waals surface area contributed by atoms with Crippen LogP contribution in [0, 0.1) is 6.92 Å². The van der Waals surface area contributed by atoms with E-state index >= 15 is 0 Å². The summed E-state index contributed by atoms with van der Waals surface area (Å²) in [5.41, 5.74) is -0.259. The minimum absolute atomic E-state index is 0.187. The maximum atomic E-state index is 11.8. The first-order chi connectivity index (χ1) is 8.09. The fourth-order valence-corrected chi connectivity index (χ4v) is 2.78. The van der Waals surface area contributed by atoms with Crippen LogP contribution >= 0.6 is 11.3 Å². The summed E-state index contributed by atoms with van der Waals surface area (Å²) in [5, 5.41) is 15.6. The highest BCUT2D eigenvalue weighted by Crippen LogP contribution is 2.27. The monoisotopic (exact) mass is 254 g/mol. The molecule has 0 unspecified atom stereocenters. The van der Waals surface area contributed by atoms with Crippen LogP contribution in [-0.2, 0) is 0 Å². The Bertz CT molecular complexity index is 397. The predicted molar refractivity (Wildman–Crippen MR) is 67.2 cm³/mol. The lowest BCUT2D eigenvalue weighted by atomic mass is 9.85. The summed E-state index contributed by atoms with van der Waals surface area (Å²) < 4.78 is 0. The van der Waals surface area contributed by atoms with Crippen molar-refractivity contribution in [3.05, 3.63) is 16.1 Å². The van der Waals surface area contributed by atoms with Gasteiger partial charge < -0.3 is 10.4 Å². The van der Waals surface area contributed by atoms with Crippen molar-refractivity contribution in [3.8, 4) is 0 Å². The molecule has 0 saturated heterocycles. The van der Waals surface area contributed by atoms with E-state index in [4.69, 9.17) is 0 Å². The molecule has 0 radical (unpaired) electrons. The first-order valence-corrected chi connectivity index (χ1v) is 6.90. The molecule has 1 aliphatic carbocycles. The number of hydrogen-bond donors (Lipinski definition) is 2. The second kappa shape index (κ2) is 5.14. The number of thiazole rings is 1. The average Bonchev–Trinajstić information content (AvgIpc) is 2.74. The Morgan fingerprint density at radius 3 is 2.82 bits per heavy atom. The molecule has 1 aromatic heterocycles. The number of hydrogen-bond acceptors (Lipinski definition) is 4. The van der Waals surface area contributed by atoms with E-state index in [1.165, 1.54) is 17.8 Å². The number of amides is 1. The predicted octanol–water partition coefficient (Wildman–Crippen LogP) is 1.88. The number of carbonyl (C=O) groups is 1. The van der Waals surface area contributed by atoms with Crippen molar-refractivity contribution in [3.63, 3.8) is 0 Å². The van der Waals surface area contributed by atoms with Gasteiger partial charge in [-0.25, -0.2) is 4.98 Å². The highest BCUT2D eigenvalue weighted by atomic mass is 32.1. The lowest BCUT2D eigenvalue weighted by Crippen LogP contribution is -2.44. The molecule has 4 nitrogen and oxygen atoms in total. The topological polar surface area (TPSA) is 62.2 Å². The Hall–Kier alpha value is -0.940. The van der Waals surface area contributed by atoms with Crippen LogP contribution in [0.5, 0.6) is 0 Å². The highest BCUT2D eigenvalue weighted by molar-refractivity contribution is 7.09. The Morgan fingerprint density at radius 2 is 2.24 bits per heavy atom. The molecule has 94 valence electrons. The molecular weight excluding hydrogens is 236 g/mol. The van der Waals surface area contributed by atoms with Gasteiger partial charge in [-0.15, -0.1) is 11.3 Å². The number of nitrogens with one attached hydrogen (secondary N) is 1. The number of nitrogens with zero attached hydrogens (tertiary/aromatic N) is 1. The van der Waals surface area contributed by atoms with E-state index in [2.05, 4.69) is 10.3 Å². The van der Waals surface area contributed by atoms with E-state index in [-0.39, 0.29) is 5.91 Å². The first-order valence-electron chi connectivity index (χ1n) is 6.02. The standard InChI is InChI=1S/C12H18N2O2S/c1-9-14-10(7-17-9)11(15)13-8-12(16)5-3-2-4-6-12/h7,16H,2-6,8H2,1H3,(H,13,15). The number of aromatic nitrogens is 1. The van der Waals surface area contributed by atoms with Gasteiger partial charge in [-0.05, 0) is 19.8 Å². The maximum absolute atomic E-state index is 11.8. The maximum Gasteiger partial charge on any atom is 0.270 e. The zero-order chi connectivity index (χ0) is 12.3. The molecule has 2 rings (SSSR count). The van der Waals surface area contributed by atoms with E-state index < -0.39 is 5.60 Å². The quantitative estimate of drug-likeness (QED) is 0.865. The van der Waals surface area contributed by atoms with Crippen molar-refractivity contribution >= 4 is 17.2 Å². The zero-order valence-electron chi connectivity index (χ0n) is 10.0. The lowest BCUT2D eigenvalue weighted by molar-refractivity contribution is 0.00522. The summed E-state index contributed by atoms with van der Waals surface area (Å²) in [6.45, 7) is 2.21. The minimum atomic E-state index is -0.709. The van der Waals surface area contributed by atoms with Crippen LogP contribution in [0.4, 0.5) is 0 Å². The molecule has 1 saturated carbocycles. The normalized spacial score (nSPS) is 18.9. The van der Waals surface area contributed by atoms with E-state index in [1.54, 1.807) is 5.38 Å². The van der Waals surface area contributed by atoms with E-state index in [1.807, 2.05) is 6.92 Å². The van der Waals surface area contributed by atoms with Crippen LogP contribution in [0.25, 0.3) is 0 Å². The molecule has 1 aromatic rings. The summed E-state index contributed by atoms with van der Waals surface area (Å²) in [5.74, 6) is -0.187. The Balaban J connectivity index is 1.87. The van der Waals surface area contributed by atoms with Gasteiger partial charge in [0.1, 0.15) is 5.69 Å². The van der Waals surface area contributed by atoms with Gasteiger partial charge in [-0.2, -0.15) is 0 Å². The SMILES string of the molecule is Cc1nc(C(=O)NCC2(O)CCCCC2)cs1. The van der Waals surface area contributed by atoms with Gasteiger partial charge in [0.25, 0.3) is 5.91 Å². The van der Waals surface area contributed by atoms with Gasteiger partial charge in [0, 0.05) is 11.9 Å². The Labute approximate surface area is 105 Å². The molecular formula is C12H18N2O2S. The fraction of sp³-hybridized carbons (Fsp3) is 0.667. The Kier molecular flexibility index (Phi) is 3.79. The second-order valence-corrected chi connectivity index (χ2v) is 5.78. The second-order valence-electron chi connectivity index (χ2n) is 4.72. The third kappa shape index (κ3) is 3.26. The lowest BCUT2D eigenvalue weighted by Gasteiger charge is -2.31. The van der Waals surface area contributed by atoms with Crippen LogP contribution in [-0.4, -0.2) is 28.1 Å². The van der Waals surface area contributed by atoms with Crippen molar-refractivity contribution in [1.82, 2.24) is 10.3 Å². The molecule has 1 aliphatic rings. The summed E-state index contributed by atoms with van der Waals surface area (Å²) in [7, 11) is 0. The van der Waals surface area contributed by atoms with Crippen LogP contribution in [0.15, 0.2) is 5.38 Å². The van der Waals surface area contributed by atoms with Crippen LogP contribution in [0.1, 0.15) is 47.6 Å². The summed E-state index contributed by atoms with van der Waals surface area (Å²) in [4.78, 5) is 15.9. The van der Waals surface area contributed by atoms with Crippen molar-refractivity contribution in [2.24, 2.45) is 0 Å². The highest BCUT2D eigenvalue weighted by Gasteiger charge is 2.29. The van der Waals surface area contributed by atoms with Crippen LogP contribution in [0.3, 0.4) is 0 Å². The smallest absolute Gasteiger partial charge is 0.270 e.